The van der Waals surface area contributed by atoms with E-state index >= 15 is 0 Å². The van der Waals surface area contributed by atoms with Gasteiger partial charge in [0.25, 0.3) is 0 Å². The number of hydrogen-bond donors (Lipinski definition) is 1. The van der Waals surface area contributed by atoms with E-state index in [0.29, 0.717) is 10.9 Å². The van der Waals surface area contributed by atoms with Crippen molar-refractivity contribution in [1.82, 2.24) is 9.78 Å². The van der Waals surface area contributed by atoms with Gasteiger partial charge in [0.05, 0.1) is 11.8 Å². The predicted molar refractivity (Wildman–Crippen MR) is 78.7 cm³/mol. The van der Waals surface area contributed by atoms with Gasteiger partial charge in [0.2, 0.25) is 11.8 Å². The second-order valence-electron chi connectivity index (χ2n) is 5.00. The minimum atomic E-state index is -0.708. The summed E-state index contributed by atoms with van der Waals surface area (Å²) in [5.74, 6) is -0.610. The van der Waals surface area contributed by atoms with Crippen LogP contribution in [0, 0.1) is 29.6 Å². The molecule has 1 aliphatic heterocycles. The number of benzene rings is 1. The van der Waals surface area contributed by atoms with E-state index in [9.17, 15) is 5.26 Å². The fourth-order valence-electron chi connectivity index (χ4n) is 2.81. The second-order valence-corrected chi connectivity index (χ2v) is 5.41. The van der Waals surface area contributed by atoms with Gasteiger partial charge in [0.1, 0.15) is 5.92 Å². The lowest BCUT2D eigenvalue weighted by Crippen LogP contribution is -2.31. The minimum absolute atomic E-state index is 0.0714. The molecule has 0 bridgehead atoms. The molecule has 1 aromatic carbocycles. The average Bonchev–Trinajstić information content (AvgIpc) is 2.73. The van der Waals surface area contributed by atoms with Crippen molar-refractivity contribution in [3.8, 4) is 11.9 Å². The Morgan fingerprint density at radius 2 is 2.14 bits per heavy atom. The monoisotopic (exact) mass is 300 g/mol. The molecule has 6 heteroatoms. The van der Waals surface area contributed by atoms with E-state index in [4.69, 9.17) is 21.7 Å². The fourth-order valence-corrected chi connectivity index (χ4v) is 3.07. The zero-order valence-corrected chi connectivity index (χ0v) is 12.3. The highest BCUT2D eigenvalue weighted by Gasteiger charge is 2.41. The molecular formula is C15H13ClN4O. The Morgan fingerprint density at radius 1 is 1.43 bits per heavy atom. The molecule has 1 aliphatic rings. The van der Waals surface area contributed by atoms with Crippen molar-refractivity contribution in [1.29, 1.82) is 10.7 Å². The maximum absolute atomic E-state index is 9.47. The first-order chi connectivity index (χ1) is 10.0. The van der Waals surface area contributed by atoms with Crippen LogP contribution in [0.15, 0.2) is 24.3 Å². The van der Waals surface area contributed by atoms with Crippen LogP contribution in [0.3, 0.4) is 0 Å². The van der Waals surface area contributed by atoms with E-state index in [1.54, 1.807) is 17.8 Å². The van der Waals surface area contributed by atoms with Crippen LogP contribution >= 0.6 is 11.6 Å². The molecule has 0 fully saturated rings. The first-order valence-corrected chi connectivity index (χ1v) is 6.86. The largest absolute Gasteiger partial charge is 0.424 e. The molecule has 3 rings (SSSR count). The summed E-state index contributed by atoms with van der Waals surface area (Å²) < 4.78 is 7.09. The van der Waals surface area contributed by atoms with Gasteiger partial charge in [0, 0.05) is 23.6 Å². The molecule has 106 valence electrons. The number of fused-ring (bicyclic) bond motifs is 1. The summed E-state index contributed by atoms with van der Waals surface area (Å²) in [6.45, 7) is 1.87. The number of nitriles is 1. The molecule has 0 spiro atoms. The van der Waals surface area contributed by atoms with Gasteiger partial charge in [-0.2, -0.15) is 10.4 Å². The molecule has 2 heterocycles. The Hall–Kier alpha value is -2.32. The van der Waals surface area contributed by atoms with E-state index in [1.165, 1.54) is 0 Å². The van der Waals surface area contributed by atoms with Crippen molar-refractivity contribution < 1.29 is 4.74 Å². The Morgan fingerprint density at radius 3 is 2.81 bits per heavy atom. The molecule has 0 radical (unpaired) electrons. The third-order valence-electron chi connectivity index (χ3n) is 3.73. The quantitative estimate of drug-likeness (QED) is 0.879. The summed E-state index contributed by atoms with van der Waals surface area (Å²) in [4.78, 5) is 0. The van der Waals surface area contributed by atoms with E-state index < -0.39 is 5.92 Å². The summed E-state index contributed by atoms with van der Waals surface area (Å²) in [7, 11) is 1.76. The Kier molecular flexibility index (Phi) is 3.19. The van der Waals surface area contributed by atoms with Crippen molar-refractivity contribution in [2.75, 3.05) is 0 Å². The van der Waals surface area contributed by atoms with Crippen LogP contribution in [0.5, 0.6) is 5.88 Å². The number of hydrogen-bond acceptors (Lipinski definition) is 4. The van der Waals surface area contributed by atoms with Crippen LogP contribution in [0.25, 0.3) is 0 Å². The number of rotatable bonds is 1. The van der Waals surface area contributed by atoms with Gasteiger partial charge in [-0.1, -0.05) is 29.8 Å². The van der Waals surface area contributed by atoms with Crippen LogP contribution in [0.2, 0.25) is 5.02 Å². The lowest BCUT2D eigenvalue weighted by molar-refractivity contribution is 0.413. The first kappa shape index (κ1) is 13.7. The maximum atomic E-state index is 9.47. The number of nitrogens with one attached hydrogen (secondary N) is 1. The average molecular weight is 301 g/mol. The zero-order chi connectivity index (χ0) is 15.1. The van der Waals surface area contributed by atoms with Gasteiger partial charge in [0.15, 0.2) is 0 Å². The molecule has 1 aromatic heterocycles. The molecule has 0 saturated heterocycles. The predicted octanol–water partition coefficient (Wildman–Crippen LogP) is 3.02. The van der Waals surface area contributed by atoms with Crippen molar-refractivity contribution >= 4 is 17.5 Å². The molecule has 0 amide bonds. The molecule has 0 aliphatic carbocycles. The molecule has 2 aromatic rings. The second kappa shape index (κ2) is 4.90. The number of aryl methyl sites for hydroxylation is 2. The third kappa shape index (κ3) is 1.99. The van der Waals surface area contributed by atoms with Gasteiger partial charge in [-0.25, -0.2) is 4.68 Å². The molecule has 2 atom stereocenters. The van der Waals surface area contributed by atoms with Crippen LogP contribution in [-0.2, 0) is 7.05 Å². The van der Waals surface area contributed by atoms with Crippen LogP contribution in [0.1, 0.15) is 22.7 Å². The lowest BCUT2D eigenvalue weighted by Gasteiger charge is -2.29. The van der Waals surface area contributed by atoms with Crippen molar-refractivity contribution in [3.05, 3.63) is 46.1 Å². The highest BCUT2D eigenvalue weighted by molar-refractivity contribution is 6.31. The molecule has 1 N–H and O–H groups in total. The van der Waals surface area contributed by atoms with Gasteiger partial charge in [-0.3, -0.25) is 5.41 Å². The van der Waals surface area contributed by atoms with Crippen LogP contribution in [0.4, 0.5) is 0 Å². The number of aromatic nitrogens is 2. The third-order valence-corrected chi connectivity index (χ3v) is 4.07. The fraction of sp³-hybridized carbons (Fsp3) is 0.267. The van der Waals surface area contributed by atoms with Crippen molar-refractivity contribution in [2.24, 2.45) is 13.0 Å². The summed E-state index contributed by atoms with van der Waals surface area (Å²) in [5, 5.41) is 22.4. The summed E-state index contributed by atoms with van der Waals surface area (Å²) in [6, 6.07) is 9.55. The first-order valence-electron chi connectivity index (χ1n) is 6.48. The molecule has 21 heavy (non-hydrogen) atoms. The Labute approximate surface area is 127 Å². The lowest BCUT2D eigenvalue weighted by atomic mass is 9.79. The Balaban J connectivity index is 2.28. The van der Waals surface area contributed by atoms with Gasteiger partial charge in [-0.15, -0.1) is 0 Å². The van der Waals surface area contributed by atoms with Crippen LogP contribution in [-0.4, -0.2) is 15.7 Å². The number of nitrogens with zero attached hydrogens (tertiary/aromatic N) is 3. The van der Waals surface area contributed by atoms with Gasteiger partial charge in [-0.05, 0) is 18.6 Å². The smallest absolute Gasteiger partial charge is 0.223 e. The highest BCUT2D eigenvalue weighted by atomic mass is 35.5. The van der Waals surface area contributed by atoms with Crippen LogP contribution < -0.4 is 4.74 Å². The van der Waals surface area contributed by atoms with E-state index in [1.807, 2.05) is 25.1 Å². The zero-order valence-electron chi connectivity index (χ0n) is 11.6. The number of halogens is 1. The van der Waals surface area contributed by atoms with Crippen molar-refractivity contribution in [2.45, 2.75) is 12.8 Å². The van der Waals surface area contributed by atoms with Gasteiger partial charge < -0.3 is 4.74 Å². The normalized spacial score (nSPS) is 20.6. The SMILES string of the molecule is Cc1nn(C)c2c1C(c1ccccc1Cl)C(C#N)C(=N)O2. The number of ether oxygens (including phenoxy) is 1. The maximum Gasteiger partial charge on any atom is 0.223 e. The summed E-state index contributed by atoms with van der Waals surface area (Å²) in [5.41, 5.74) is 2.43. The van der Waals surface area contributed by atoms with E-state index in [2.05, 4.69) is 11.2 Å². The standard InChI is InChI=1S/C15H13ClN4O/c1-8-12-13(9-5-3-4-6-11(9)16)10(7-17)14(18)21-15(12)20(2)19-8/h3-6,10,13,18H,1-2H3. The minimum Gasteiger partial charge on any atom is -0.424 e. The Bertz CT molecular complexity index is 774. The molecule has 5 nitrogen and oxygen atoms in total. The van der Waals surface area contributed by atoms with E-state index in [-0.39, 0.29) is 11.8 Å². The molecular weight excluding hydrogens is 288 g/mol. The van der Waals surface area contributed by atoms with E-state index in [0.717, 1.165) is 16.8 Å². The highest BCUT2D eigenvalue weighted by Crippen LogP contribution is 2.45. The topological polar surface area (TPSA) is 74.7 Å². The molecule has 0 saturated carbocycles. The summed E-state index contributed by atoms with van der Waals surface area (Å²) in [6.07, 6.45) is 0. The molecule has 2 unspecified atom stereocenters. The van der Waals surface area contributed by atoms with Crippen molar-refractivity contribution in [3.63, 3.8) is 0 Å². The van der Waals surface area contributed by atoms with Gasteiger partial charge >= 0.3 is 0 Å². The summed E-state index contributed by atoms with van der Waals surface area (Å²) >= 11 is 6.31.